The monoisotopic (exact) mass is 365 g/mol. The summed E-state index contributed by atoms with van der Waals surface area (Å²) in [6, 6.07) is 9.52. The standard InChI is InChI=1S/C19H15N3O5/c1-26-12-7-13-16-14(9-20-17(13)15(8-12)27-2)18(23)22(21-16)11-5-3-10(4-6-11)19(24)25/h3-9,21H,1-2H3,(H,24,25). The Morgan fingerprint density at radius 1 is 1.11 bits per heavy atom. The molecule has 0 atom stereocenters. The summed E-state index contributed by atoms with van der Waals surface area (Å²) in [7, 11) is 3.09. The Morgan fingerprint density at radius 3 is 2.48 bits per heavy atom. The Hall–Kier alpha value is -3.81. The molecule has 0 aliphatic heterocycles. The molecule has 0 saturated heterocycles. The number of nitrogens with one attached hydrogen (secondary N) is 1. The van der Waals surface area contributed by atoms with E-state index in [1.165, 1.54) is 30.1 Å². The summed E-state index contributed by atoms with van der Waals surface area (Å²) in [5.74, 6) is 0.0821. The van der Waals surface area contributed by atoms with E-state index in [0.29, 0.717) is 39.0 Å². The molecular weight excluding hydrogens is 350 g/mol. The molecule has 2 aromatic heterocycles. The summed E-state index contributed by atoms with van der Waals surface area (Å²) >= 11 is 0. The van der Waals surface area contributed by atoms with Crippen molar-refractivity contribution in [2.45, 2.75) is 0 Å². The van der Waals surface area contributed by atoms with E-state index < -0.39 is 5.97 Å². The van der Waals surface area contributed by atoms with Crippen LogP contribution in [0.3, 0.4) is 0 Å². The number of rotatable bonds is 4. The maximum absolute atomic E-state index is 12.8. The summed E-state index contributed by atoms with van der Waals surface area (Å²) in [5.41, 5.74) is 1.56. The third-order valence-corrected chi connectivity index (χ3v) is 4.40. The van der Waals surface area contributed by atoms with Crippen LogP contribution >= 0.6 is 0 Å². The molecule has 4 rings (SSSR count). The third-order valence-electron chi connectivity index (χ3n) is 4.40. The van der Waals surface area contributed by atoms with Gasteiger partial charge in [0.25, 0.3) is 5.56 Å². The van der Waals surface area contributed by atoms with Gasteiger partial charge in [0.2, 0.25) is 0 Å². The zero-order valence-corrected chi connectivity index (χ0v) is 14.5. The molecule has 2 N–H and O–H groups in total. The fourth-order valence-corrected chi connectivity index (χ4v) is 3.02. The van der Waals surface area contributed by atoms with E-state index in [4.69, 9.17) is 14.6 Å². The van der Waals surface area contributed by atoms with E-state index in [9.17, 15) is 9.59 Å². The number of aromatic carboxylic acids is 1. The molecule has 4 aromatic rings. The first-order valence-corrected chi connectivity index (χ1v) is 8.02. The van der Waals surface area contributed by atoms with Crippen LogP contribution < -0.4 is 15.0 Å². The molecule has 2 aromatic carbocycles. The Bertz CT molecular complexity index is 1240. The van der Waals surface area contributed by atoms with Crippen LogP contribution in [-0.2, 0) is 0 Å². The topological polar surface area (TPSA) is 106 Å². The van der Waals surface area contributed by atoms with Crippen molar-refractivity contribution in [2.75, 3.05) is 14.2 Å². The average molecular weight is 365 g/mol. The van der Waals surface area contributed by atoms with Crippen LogP contribution in [0, 0.1) is 0 Å². The second kappa shape index (κ2) is 6.17. The number of carboxylic acids is 1. The highest BCUT2D eigenvalue weighted by Crippen LogP contribution is 2.32. The quantitative estimate of drug-likeness (QED) is 0.576. The molecule has 2 heterocycles. The molecule has 0 bridgehead atoms. The van der Waals surface area contributed by atoms with Crippen molar-refractivity contribution in [3.63, 3.8) is 0 Å². The zero-order chi connectivity index (χ0) is 19.1. The number of fused-ring (bicyclic) bond motifs is 3. The summed E-state index contributed by atoms with van der Waals surface area (Å²) in [6.07, 6.45) is 1.49. The van der Waals surface area contributed by atoms with Crippen molar-refractivity contribution in [2.24, 2.45) is 0 Å². The predicted octanol–water partition coefficient (Wildman–Crippen LogP) is 2.58. The Labute approximate surface area is 152 Å². The van der Waals surface area contributed by atoms with E-state index in [1.54, 1.807) is 31.4 Å². The number of aromatic nitrogens is 3. The maximum atomic E-state index is 12.8. The minimum atomic E-state index is -1.03. The molecule has 27 heavy (non-hydrogen) atoms. The number of nitrogens with zero attached hydrogens (tertiary/aromatic N) is 2. The predicted molar refractivity (Wildman–Crippen MR) is 99.3 cm³/mol. The lowest BCUT2D eigenvalue weighted by Gasteiger charge is -2.08. The highest BCUT2D eigenvalue weighted by Gasteiger charge is 2.16. The van der Waals surface area contributed by atoms with Gasteiger partial charge in [0.1, 0.15) is 17.0 Å². The lowest BCUT2D eigenvalue weighted by molar-refractivity contribution is 0.0697. The number of benzene rings is 2. The van der Waals surface area contributed by atoms with Gasteiger partial charge in [-0.15, -0.1) is 0 Å². The van der Waals surface area contributed by atoms with Crippen molar-refractivity contribution in [1.29, 1.82) is 0 Å². The van der Waals surface area contributed by atoms with Crippen LogP contribution in [0.15, 0.2) is 47.4 Å². The van der Waals surface area contributed by atoms with Crippen LogP contribution in [0.5, 0.6) is 11.5 Å². The Balaban J connectivity index is 1.99. The molecule has 0 spiro atoms. The fraction of sp³-hybridized carbons (Fsp3) is 0.105. The minimum absolute atomic E-state index is 0.143. The zero-order valence-electron chi connectivity index (χ0n) is 14.5. The van der Waals surface area contributed by atoms with Gasteiger partial charge < -0.3 is 14.6 Å². The molecular formula is C19H15N3O5. The second-order valence-electron chi connectivity index (χ2n) is 5.88. The fourth-order valence-electron chi connectivity index (χ4n) is 3.02. The molecule has 0 amide bonds. The smallest absolute Gasteiger partial charge is 0.335 e. The van der Waals surface area contributed by atoms with E-state index in [1.807, 2.05) is 0 Å². The van der Waals surface area contributed by atoms with Crippen molar-refractivity contribution in [3.8, 4) is 17.2 Å². The molecule has 8 heteroatoms. The van der Waals surface area contributed by atoms with Crippen LogP contribution in [0.2, 0.25) is 0 Å². The van der Waals surface area contributed by atoms with Gasteiger partial charge in [-0.3, -0.25) is 14.9 Å². The Morgan fingerprint density at radius 2 is 1.85 bits per heavy atom. The number of carbonyl (C=O) groups is 1. The van der Waals surface area contributed by atoms with Crippen molar-refractivity contribution >= 4 is 27.8 Å². The molecule has 0 aliphatic carbocycles. The maximum Gasteiger partial charge on any atom is 0.335 e. The minimum Gasteiger partial charge on any atom is -0.497 e. The number of hydrogen-bond donors (Lipinski definition) is 2. The van der Waals surface area contributed by atoms with Gasteiger partial charge in [0, 0.05) is 17.6 Å². The van der Waals surface area contributed by atoms with Crippen molar-refractivity contribution in [1.82, 2.24) is 14.8 Å². The van der Waals surface area contributed by atoms with Crippen molar-refractivity contribution < 1.29 is 19.4 Å². The van der Waals surface area contributed by atoms with Crippen molar-refractivity contribution in [3.05, 3.63) is 58.5 Å². The van der Waals surface area contributed by atoms with Gasteiger partial charge in [-0.1, -0.05) is 0 Å². The molecule has 0 fully saturated rings. The lowest BCUT2D eigenvalue weighted by atomic mass is 10.1. The second-order valence-corrected chi connectivity index (χ2v) is 5.88. The highest BCUT2D eigenvalue weighted by molar-refractivity contribution is 6.05. The van der Waals surface area contributed by atoms with Crippen LogP contribution in [0.4, 0.5) is 0 Å². The molecule has 0 saturated carbocycles. The van der Waals surface area contributed by atoms with E-state index in [0.717, 1.165) is 0 Å². The molecule has 136 valence electrons. The molecule has 8 nitrogen and oxygen atoms in total. The normalized spacial score (nSPS) is 11.0. The first-order chi connectivity index (χ1) is 13.0. The summed E-state index contributed by atoms with van der Waals surface area (Å²) < 4.78 is 12.0. The largest absolute Gasteiger partial charge is 0.497 e. The lowest BCUT2D eigenvalue weighted by Crippen LogP contribution is -2.14. The summed E-state index contributed by atoms with van der Waals surface area (Å²) in [6.45, 7) is 0. The number of pyridine rings is 1. The van der Waals surface area contributed by atoms with Gasteiger partial charge in [-0.05, 0) is 30.3 Å². The summed E-state index contributed by atoms with van der Waals surface area (Å²) in [5, 5.41) is 13.2. The SMILES string of the molecule is COc1cc(OC)c2ncc3c(=O)n(-c4ccc(C(=O)O)cc4)[nH]c3c2c1. The van der Waals surface area contributed by atoms with Gasteiger partial charge in [0.05, 0.1) is 36.4 Å². The average Bonchev–Trinajstić information content (AvgIpc) is 3.04. The number of carboxylic acid groups (broad SMARTS) is 1. The Kier molecular flexibility index (Phi) is 3.80. The van der Waals surface area contributed by atoms with E-state index in [-0.39, 0.29) is 11.1 Å². The number of H-pyrrole nitrogens is 1. The summed E-state index contributed by atoms with van der Waals surface area (Å²) in [4.78, 5) is 28.2. The first kappa shape index (κ1) is 16.6. The molecule has 0 unspecified atom stereocenters. The number of aromatic amines is 1. The number of ether oxygens (including phenoxy) is 2. The third kappa shape index (κ3) is 2.58. The highest BCUT2D eigenvalue weighted by atomic mass is 16.5. The number of hydrogen-bond acceptors (Lipinski definition) is 5. The van der Waals surface area contributed by atoms with E-state index in [2.05, 4.69) is 10.1 Å². The molecule has 0 radical (unpaired) electrons. The van der Waals surface area contributed by atoms with Crippen LogP contribution in [0.1, 0.15) is 10.4 Å². The van der Waals surface area contributed by atoms with Gasteiger partial charge in [-0.25, -0.2) is 9.48 Å². The molecule has 0 aliphatic rings. The van der Waals surface area contributed by atoms with Crippen LogP contribution in [-0.4, -0.2) is 40.1 Å². The van der Waals surface area contributed by atoms with E-state index >= 15 is 0 Å². The number of methoxy groups -OCH3 is 2. The van der Waals surface area contributed by atoms with Crippen LogP contribution in [0.25, 0.3) is 27.5 Å². The van der Waals surface area contributed by atoms with Gasteiger partial charge in [-0.2, -0.15) is 0 Å². The van der Waals surface area contributed by atoms with Gasteiger partial charge in [0.15, 0.2) is 0 Å². The first-order valence-electron chi connectivity index (χ1n) is 8.02. The van der Waals surface area contributed by atoms with Gasteiger partial charge >= 0.3 is 5.97 Å².